The van der Waals surface area contributed by atoms with Crippen LogP contribution >= 0.6 is 0 Å². The van der Waals surface area contributed by atoms with Crippen LogP contribution in [0.1, 0.15) is 22.3 Å². The average Bonchev–Trinajstić information content (AvgIpc) is 3.66. The van der Waals surface area contributed by atoms with E-state index < -0.39 is 0 Å². The standard InChI is InChI=1S/C48H31N/c1-3-14-32(15-4-1)37-30-46(33-16-5-2-6-17-33)49-47(31-37)36-19-13-18-34(28-36)35-26-27-41-40-22-9-12-25-44(40)48(45(41)29-35)42-23-10-7-20-38(42)39-21-8-11-24-43(39)48/h1-31H. The summed E-state index contributed by atoms with van der Waals surface area (Å²) in [6.07, 6.45) is 0. The van der Waals surface area contributed by atoms with Crippen LogP contribution in [0.25, 0.3) is 67.0 Å². The van der Waals surface area contributed by atoms with Crippen LogP contribution in [0.5, 0.6) is 0 Å². The summed E-state index contributed by atoms with van der Waals surface area (Å²) in [5.74, 6) is 0. The summed E-state index contributed by atoms with van der Waals surface area (Å²) in [6, 6.07) is 68.5. The predicted molar refractivity (Wildman–Crippen MR) is 202 cm³/mol. The fourth-order valence-electron chi connectivity index (χ4n) is 8.37. The highest BCUT2D eigenvalue weighted by Gasteiger charge is 2.51. The van der Waals surface area contributed by atoms with Crippen molar-refractivity contribution in [3.63, 3.8) is 0 Å². The van der Waals surface area contributed by atoms with Crippen molar-refractivity contribution in [3.8, 4) is 67.0 Å². The molecule has 0 aliphatic heterocycles. The van der Waals surface area contributed by atoms with E-state index in [4.69, 9.17) is 4.98 Å². The number of benzene rings is 7. The topological polar surface area (TPSA) is 12.9 Å². The second-order valence-corrected chi connectivity index (χ2v) is 13.1. The van der Waals surface area contributed by atoms with Gasteiger partial charge in [0.05, 0.1) is 16.8 Å². The number of aromatic nitrogens is 1. The Hall–Kier alpha value is -6.31. The Morgan fingerprint density at radius 3 is 1.33 bits per heavy atom. The summed E-state index contributed by atoms with van der Waals surface area (Å²) < 4.78 is 0. The molecule has 0 N–H and O–H groups in total. The number of fused-ring (bicyclic) bond motifs is 10. The Labute approximate surface area is 286 Å². The van der Waals surface area contributed by atoms with Crippen molar-refractivity contribution in [2.24, 2.45) is 0 Å². The van der Waals surface area contributed by atoms with E-state index in [9.17, 15) is 0 Å². The van der Waals surface area contributed by atoms with Crippen molar-refractivity contribution < 1.29 is 0 Å². The molecule has 2 aliphatic rings. The van der Waals surface area contributed by atoms with E-state index in [1.165, 1.54) is 61.2 Å². The molecule has 1 nitrogen and oxygen atoms in total. The van der Waals surface area contributed by atoms with Crippen LogP contribution in [0.2, 0.25) is 0 Å². The highest BCUT2D eigenvalue weighted by atomic mass is 14.7. The highest BCUT2D eigenvalue weighted by molar-refractivity contribution is 5.96. The van der Waals surface area contributed by atoms with Crippen LogP contribution in [0, 0.1) is 0 Å². The second kappa shape index (κ2) is 10.9. The molecule has 1 heterocycles. The van der Waals surface area contributed by atoms with Gasteiger partial charge in [-0.2, -0.15) is 0 Å². The first kappa shape index (κ1) is 27.8. The summed E-state index contributed by atoms with van der Waals surface area (Å²) >= 11 is 0. The van der Waals surface area contributed by atoms with Gasteiger partial charge in [-0.1, -0.05) is 164 Å². The molecule has 0 saturated carbocycles. The Kier molecular flexibility index (Phi) is 6.16. The molecule has 7 aromatic carbocycles. The molecule has 2 aliphatic carbocycles. The molecule has 1 spiro atoms. The number of rotatable bonds is 4. The van der Waals surface area contributed by atoms with E-state index in [-0.39, 0.29) is 5.41 Å². The summed E-state index contributed by atoms with van der Waals surface area (Å²) in [6.45, 7) is 0. The lowest BCUT2D eigenvalue weighted by Gasteiger charge is -2.30. The first-order valence-electron chi connectivity index (χ1n) is 17.0. The molecule has 0 bridgehead atoms. The molecule has 10 rings (SSSR count). The minimum atomic E-state index is -0.358. The summed E-state index contributed by atoms with van der Waals surface area (Å²) in [5, 5.41) is 0. The molecular weight excluding hydrogens is 591 g/mol. The van der Waals surface area contributed by atoms with E-state index in [1.54, 1.807) is 0 Å². The van der Waals surface area contributed by atoms with E-state index in [0.717, 1.165) is 28.1 Å². The van der Waals surface area contributed by atoms with Gasteiger partial charge >= 0.3 is 0 Å². The van der Waals surface area contributed by atoms with E-state index in [0.29, 0.717) is 0 Å². The smallest absolute Gasteiger partial charge is 0.0725 e. The summed E-state index contributed by atoms with van der Waals surface area (Å²) in [7, 11) is 0. The fraction of sp³-hybridized carbons (Fsp3) is 0.0208. The lowest BCUT2D eigenvalue weighted by molar-refractivity contribution is 0.794. The molecule has 228 valence electrons. The van der Waals surface area contributed by atoms with E-state index in [1.807, 2.05) is 0 Å². The maximum absolute atomic E-state index is 5.23. The van der Waals surface area contributed by atoms with E-state index >= 15 is 0 Å². The quantitative estimate of drug-likeness (QED) is 0.191. The third-order valence-corrected chi connectivity index (χ3v) is 10.5. The number of hydrogen-bond donors (Lipinski definition) is 0. The molecule has 0 atom stereocenters. The molecule has 0 amide bonds. The molecule has 0 saturated heterocycles. The van der Waals surface area contributed by atoms with Gasteiger partial charge < -0.3 is 0 Å². The Bertz CT molecular complexity index is 2420. The molecule has 0 fully saturated rings. The molecule has 0 unspecified atom stereocenters. The Morgan fingerprint density at radius 2 is 0.714 bits per heavy atom. The second-order valence-electron chi connectivity index (χ2n) is 13.1. The zero-order valence-electron chi connectivity index (χ0n) is 26.8. The maximum atomic E-state index is 5.23. The predicted octanol–water partition coefficient (Wildman–Crippen LogP) is 12.1. The lowest BCUT2D eigenvalue weighted by atomic mass is 9.70. The Balaban J connectivity index is 1.15. The molecule has 49 heavy (non-hydrogen) atoms. The zero-order chi connectivity index (χ0) is 32.4. The van der Waals surface area contributed by atoms with Gasteiger partial charge in [0.25, 0.3) is 0 Å². The normalized spacial score (nSPS) is 13.1. The summed E-state index contributed by atoms with van der Waals surface area (Å²) in [4.78, 5) is 5.23. The van der Waals surface area contributed by atoms with Gasteiger partial charge in [-0.25, -0.2) is 4.98 Å². The van der Waals surface area contributed by atoms with Crippen molar-refractivity contribution in [2.45, 2.75) is 5.41 Å². The van der Waals surface area contributed by atoms with Crippen molar-refractivity contribution in [2.75, 3.05) is 0 Å². The van der Waals surface area contributed by atoms with Crippen molar-refractivity contribution in [3.05, 3.63) is 210 Å². The maximum Gasteiger partial charge on any atom is 0.0725 e. The third kappa shape index (κ3) is 4.16. The third-order valence-electron chi connectivity index (χ3n) is 10.5. The highest BCUT2D eigenvalue weighted by Crippen LogP contribution is 2.63. The van der Waals surface area contributed by atoms with Crippen molar-refractivity contribution in [1.29, 1.82) is 0 Å². The monoisotopic (exact) mass is 621 g/mol. The van der Waals surface area contributed by atoms with Gasteiger partial charge in [0.2, 0.25) is 0 Å². The first-order chi connectivity index (χ1) is 24.3. The van der Waals surface area contributed by atoms with Crippen LogP contribution in [0.4, 0.5) is 0 Å². The lowest BCUT2D eigenvalue weighted by Crippen LogP contribution is -2.25. The van der Waals surface area contributed by atoms with Gasteiger partial charge in [0, 0.05) is 11.1 Å². The van der Waals surface area contributed by atoms with Gasteiger partial charge in [-0.3, -0.25) is 0 Å². The molecule has 0 radical (unpaired) electrons. The number of nitrogens with zero attached hydrogens (tertiary/aromatic N) is 1. The Morgan fingerprint density at radius 1 is 0.265 bits per heavy atom. The first-order valence-corrected chi connectivity index (χ1v) is 17.0. The van der Waals surface area contributed by atoms with Crippen molar-refractivity contribution >= 4 is 0 Å². The van der Waals surface area contributed by atoms with Gasteiger partial charge in [0.15, 0.2) is 0 Å². The van der Waals surface area contributed by atoms with Gasteiger partial charge in [0.1, 0.15) is 0 Å². The average molecular weight is 622 g/mol. The van der Waals surface area contributed by atoms with E-state index in [2.05, 4.69) is 188 Å². The fourth-order valence-corrected chi connectivity index (χ4v) is 8.37. The van der Waals surface area contributed by atoms with Crippen LogP contribution in [0.3, 0.4) is 0 Å². The van der Waals surface area contributed by atoms with Gasteiger partial charge in [-0.05, 0) is 91.0 Å². The zero-order valence-corrected chi connectivity index (χ0v) is 26.8. The number of pyridine rings is 1. The molecule has 8 aromatic rings. The molecular formula is C48H31N. The van der Waals surface area contributed by atoms with Crippen LogP contribution < -0.4 is 0 Å². The minimum Gasteiger partial charge on any atom is -0.248 e. The van der Waals surface area contributed by atoms with Crippen LogP contribution in [-0.4, -0.2) is 4.98 Å². The van der Waals surface area contributed by atoms with Crippen LogP contribution in [-0.2, 0) is 5.41 Å². The summed E-state index contributed by atoms with van der Waals surface area (Å²) in [5.41, 5.74) is 19.2. The number of hydrogen-bond acceptors (Lipinski definition) is 1. The van der Waals surface area contributed by atoms with Gasteiger partial charge in [-0.15, -0.1) is 0 Å². The minimum absolute atomic E-state index is 0.358. The SMILES string of the molecule is c1ccc(-c2cc(-c3ccccc3)nc(-c3cccc(-c4ccc5c(c4)C4(c6ccccc6-c6ccccc64)c4ccccc4-5)c3)c2)cc1. The largest absolute Gasteiger partial charge is 0.248 e. The molecule has 1 heteroatoms. The van der Waals surface area contributed by atoms with Crippen molar-refractivity contribution in [1.82, 2.24) is 4.98 Å². The van der Waals surface area contributed by atoms with Crippen LogP contribution in [0.15, 0.2) is 188 Å². The molecule has 1 aromatic heterocycles.